The molecule has 202 valence electrons. The third-order valence-electron chi connectivity index (χ3n) is 11.6. The minimum Gasteiger partial charge on any atom is -0.469 e. The Morgan fingerprint density at radius 1 is 0.971 bits per heavy atom. The molecule has 0 amide bonds. The number of nitrogens with one attached hydrogen (secondary N) is 2. The maximum atomic E-state index is 11.8. The van der Waals surface area contributed by atoms with Gasteiger partial charge in [0.25, 0.3) is 0 Å². The van der Waals surface area contributed by atoms with Crippen LogP contribution in [0.5, 0.6) is 0 Å². The van der Waals surface area contributed by atoms with E-state index in [1.54, 1.807) is 0 Å². The predicted octanol–water partition coefficient (Wildman–Crippen LogP) is 5.16. The molecule has 0 spiro atoms. The Morgan fingerprint density at radius 3 is 2.40 bits per heavy atom. The molecule has 4 saturated carbocycles. The molecule has 0 bridgehead atoms. The Bertz CT molecular complexity index is 728. The number of rotatable bonds is 9. The van der Waals surface area contributed by atoms with Crippen molar-refractivity contribution in [2.45, 2.75) is 117 Å². The van der Waals surface area contributed by atoms with Gasteiger partial charge >= 0.3 is 5.97 Å². The number of methoxy groups -OCH3 is 1. The van der Waals surface area contributed by atoms with Crippen LogP contribution in [0.15, 0.2) is 0 Å². The van der Waals surface area contributed by atoms with E-state index in [0.29, 0.717) is 47.6 Å². The molecule has 10 atom stereocenters. The maximum Gasteiger partial charge on any atom is 0.305 e. The number of carbonyl (C=O) groups is 1. The van der Waals surface area contributed by atoms with Gasteiger partial charge < -0.3 is 20.5 Å². The topological polar surface area (TPSA) is 70.6 Å². The quantitative estimate of drug-likeness (QED) is 0.308. The van der Waals surface area contributed by atoms with Gasteiger partial charge in [0, 0.05) is 31.6 Å². The lowest BCUT2D eigenvalue weighted by Crippen LogP contribution is -2.59. The van der Waals surface area contributed by atoms with Crippen LogP contribution in [0.25, 0.3) is 0 Å². The summed E-state index contributed by atoms with van der Waals surface area (Å²) in [5, 5.41) is 18.8. The summed E-state index contributed by atoms with van der Waals surface area (Å²) in [7, 11) is 1.50. The van der Waals surface area contributed by atoms with Crippen LogP contribution in [0.3, 0.4) is 0 Å². The van der Waals surface area contributed by atoms with Crippen LogP contribution in [-0.2, 0) is 9.53 Å². The molecule has 4 aliphatic carbocycles. The fraction of sp³-hybridized carbons (Fsp3) is 0.967. The second-order valence-corrected chi connectivity index (χ2v) is 13.6. The van der Waals surface area contributed by atoms with Crippen LogP contribution >= 0.6 is 0 Å². The number of aliphatic hydroxyl groups excluding tert-OH is 1. The van der Waals surface area contributed by atoms with Crippen molar-refractivity contribution < 1.29 is 14.6 Å². The van der Waals surface area contributed by atoms with E-state index in [0.717, 1.165) is 44.2 Å². The summed E-state index contributed by atoms with van der Waals surface area (Å²) in [6.45, 7) is 13.9. The van der Waals surface area contributed by atoms with Gasteiger partial charge in [-0.2, -0.15) is 0 Å². The first kappa shape index (κ1) is 27.4. The highest BCUT2D eigenvalue weighted by molar-refractivity contribution is 5.69. The molecule has 5 nitrogen and oxygen atoms in total. The molecule has 0 aromatic heterocycles. The summed E-state index contributed by atoms with van der Waals surface area (Å²) in [5.41, 5.74) is 0.647. The fourth-order valence-corrected chi connectivity index (χ4v) is 9.75. The van der Waals surface area contributed by atoms with Gasteiger partial charge in [-0.05, 0) is 104 Å². The Morgan fingerprint density at radius 2 is 1.69 bits per heavy atom. The lowest BCUT2D eigenvalue weighted by molar-refractivity contribution is -0.162. The highest BCUT2D eigenvalue weighted by Gasteiger charge is 2.62. The van der Waals surface area contributed by atoms with Gasteiger partial charge in [-0.3, -0.25) is 4.79 Å². The van der Waals surface area contributed by atoms with E-state index in [-0.39, 0.29) is 17.5 Å². The molecule has 5 heteroatoms. The number of hydrogen-bond donors (Lipinski definition) is 3. The van der Waals surface area contributed by atoms with Crippen LogP contribution in [0.1, 0.15) is 98.8 Å². The number of ether oxygens (including phenoxy) is 1. The molecule has 4 aliphatic rings. The maximum absolute atomic E-state index is 11.8. The van der Waals surface area contributed by atoms with Crippen LogP contribution in [0.4, 0.5) is 0 Å². The Labute approximate surface area is 214 Å². The van der Waals surface area contributed by atoms with Crippen molar-refractivity contribution in [3.8, 4) is 0 Å². The molecule has 4 rings (SSSR count). The molecule has 0 aromatic rings. The van der Waals surface area contributed by atoms with Crippen molar-refractivity contribution in [1.29, 1.82) is 0 Å². The van der Waals surface area contributed by atoms with E-state index >= 15 is 0 Å². The van der Waals surface area contributed by atoms with Crippen molar-refractivity contribution in [3.05, 3.63) is 0 Å². The van der Waals surface area contributed by atoms with Gasteiger partial charge in [0.1, 0.15) is 0 Å². The average molecular weight is 491 g/mol. The summed E-state index contributed by atoms with van der Waals surface area (Å²) in [5.74, 6) is 3.79. The van der Waals surface area contributed by atoms with E-state index in [9.17, 15) is 9.90 Å². The van der Waals surface area contributed by atoms with Crippen LogP contribution < -0.4 is 10.6 Å². The number of hydrogen-bond acceptors (Lipinski definition) is 5. The van der Waals surface area contributed by atoms with Crippen LogP contribution in [-0.4, -0.2) is 49.5 Å². The van der Waals surface area contributed by atoms with Gasteiger partial charge in [-0.15, -0.1) is 0 Å². The highest BCUT2D eigenvalue weighted by Crippen LogP contribution is 2.68. The number of fused-ring (bicyclic) bond motifs is 5. The predicted molar refractivity (Wildman–Crippen MR) is 142 cm³/mol. The molecule has 0 radical (unpaired) electrons. The van der Waals surface area contributed by atoms with Crippen molar-refractivity contribution in [3.63, 3.8) is 0 Å². The molecule has 0 aliphatic heterocycles. The van der Waals surface area contributed by atoms with Gasteiger partial charge in [-0.1, -0.05) is 34.6 Å². The number of aliphatic hydroxyl groups is 1. The summed E-state index contributed by atoms with van der Waals surface area (Å²) >= 11 is 0. The van der Waals surface area contributed by atoms with E-state index in [1.807, 2.05) is 0 Å². The van der Waals surface area contributed by atoms with Crippen molar-refractivity contribution in [2.24, 2.45) is 46.3 Å². The lowest BCUT2D eigenvalue weighted by atomic mass is 9.43. The monoisotopic (exact) mass is 490 g/mol. The summed E-state index contributed by atoms with van der Waals surface area (Å²) in [4.78, 5) is 11.8. The Balaban J connectivity index is 1.40. The first-order valence-corrected chi connectivity index (χ1v) is 14.8. The van der Waals surface area contributed by atoms with Gasteiger partial charge in [0.05, 0.1) is 13.2 Å². The van der Waals surface area contributed by atoms with Crippen molar-refractivity contribution in [2.75, 3.05) is 20.2 Å². The lowest BCUT2D eigenvalue weighted by Gasteiger charge is -2.62. The van der Waals surface area contributed by atoms with E-state index < -0.39 is 0 Å². The second kappa shape index (κ2) is 11.0. The minimum absolute atomic E-state index is 0.0732. The fourth-order valence-electron chi connectivity index (χ4n) is 9.75. The SMILES string of the molecule is COC(=O)CC[C@@H](C)[C@H]1CCC2C3C[C@H](O)C4CC(NCCNC(C)C)CC[C@]4(C)C3CC[C@@]21C. The van der Waals surface area contributed by atoms with Gasteiger partial charge in [-0.25, -0.2) is 0 Å². The zero-order valence-corrected chi connectivity index (χ0v) is 23.4. The number of esters is 1. The third kappa shape index (κ3) is 5.34. The normalized spacial score (nSPS) is 43.8. The van der Waals surface area contributed by atoms with E-state index in [1.165, 1.54) is 45.6 Å². The highest BCUT2D eigenvalue weighted by atomic mass is 16.5. The van der Waals surface area contributed by atoms with Crippen molar-refractivity contribution >= 4 is 5.97 Å². The molecule has 5 unspecified atom stereocenters. The standard InChI is InChI=1S/C30H54N2O3/c1-19(2)31-15-16-32-21-11-13-30(5)25-12-14-29(4)23(20(3)7-10-28(34)35-6)8-9-24(29)22(25)18-27(33)26(30)17-21/h19-27,31-33H,7-18H2,1-6H3/t20-,21?,22?,23-,24?,25?,26?,27+,29-,30-/m1/s1. The van der Waals surface area contributed by atoms with Gasteiger partial charge in [0.15, 0.2) is 0 Å². The van der Waals surface area contributed by atoms with Crippen molar-refractivity contribution in [1.82, 2.24) is 10.6 Å². The van der Waals surface area contributed by atoms with Gasteiger partial charge in [0.2, 0.25) is 0 Å². The molecule has 3 N–H and O–H groups in total. The molecule has 0 heterocycles. The smallest absolute Gasteiger partial charge is 0.305 e. The molecule has 0 saturated heterocycles. The summed E-state index contributed by atoms with van der Waals surface area (Å²) in [6.07, 6.45) is 11.2. The first-order valence-electron chi connectivity index (χ1n) is 14.8. The Hall–Kier alpha value is -0.650. The second-order valence-electron chi connectivity index (χ2n) is 13.6. The largest absolute Gasteiger partial charge is 0.469 e. The molecule has 4 fully saturated rings. The zero-order valence-electron chi connectivity index (χ0n) is 23.4. The number of carbonyl (C=O) groups excluding carboxylic acids is 1. The Kier molecular flexibility index (Phi) is 8.60. The van der Waals surface area contributed by atoms with Crippen LogP contribution in [0, 0.1) is 46.3 Å². The molecule has 35 heavy (non-hydrogen) atoms. The first-order chi connectivity index (χ1) is 16.6. The molecular weight excluding hydrogens is 436 g/mol. The summed E-state index contributed by atoms with van der Waals surface area (Å²) in [6, 6.07) is 1.08. The van der Waals surface area contributed by atoms with Crippen LogP contribution in [0.2, 0.25) is 0 Å². The third-order valence-corrected chi connectivity index (χ3v) is 11.6. The van der Waals surface area contributed by atoms with E-state index in [4.69, 9.17) is 4.74 Å². The van der Waals surface area contributed by atoms with E-state index in [2.05, 4.69) is 45.3 Å². The summed E-state index contributed by atoms with van der Waals surface area (Å²) < 4.78 is 4.91. The molecular formula is C30H54N2O3. The average Bonchev–Trinajstić information content (AvgIpc) is 3.18. The zero-order chi connectivity index (χ0) is 25.4. The molecule has 0 aromatic carbocycles. The minimum atomic E-state index is -0.155.